The van der Waals surface area contributed by atoms with E-state index in [9.17, 15) is 0 Å². The molecular formula is H27Al10N3O36. The summed E-state index contributed by atoms with van der Waals surface area (Å²) in [6, 6.07) is 0. The molecule has 0 amide bonds. The Bertz CT molecular complexity index is 149. The van der Waals surface area contributed by atoms with Crippen molar-refractivity contribution in [3.8, 4) is 0 Å². The molecule has 0 heterocycles. The molecule has 0 saturated heterocycles. The molecule has 0 aliphatic rings. The van der Waals surface area contributed by atoms with E-state index in [2.05, 4.69) is 0 Å². The van der Waals surface area contributed by atoms with Crippen LogP contribution in [0.3, 0.4) is 0 Å². The fourth-order valence-electron chi connectivity index (χ4n) is 0. The molecule has 49 heteroatoms. The Morgan fingerprint density at radius 2 is 0.163 bits per heavy atom. The van der Waals surface area contributed by atoms with Crippen molar-refractivity contribution in [2.45, 2.75) is 0 Å². The van der Waals surface area contributed by atoms with Crippen LogP contribution in [-0.2, 0) is 0 Å². The Balaban J connectivity index is -0.000000000474. The molecule has 288 valence electrons. The molecule has 0 aromatic heterocycles. The van der Waals surface area contributed by atoms with Crippen molar-refractivity contribution in [1.82, 2.24) is 0 Å². The van der Waals surface area contributed by atoms with Crippen LogP contribution in [0.4, 0.5) is 0 Å². The number of rotatable bonds is 0. The van der Waals surface area contributed by atoms with Crippen LogP contribution in [0.15, 0.2) is 0 Å². The van der Waals surface area contributed by atoms with Gasteiger partial charge in [-0.25, -0.2) is 0 Å². The van der Waals surface area contributed by atoms with Crippen LogP contribution in [-0.4, -0.2) is 337 Å². The maximum absolute atomic E-state index is 8.25. The summed E-state index contributed by atoms with van der Waals surface area (Å²) < 4.78 is 0. The van der Waals surface area contributed by atoms with E-state index < -0.39 is 15.3 Å². The van der Waals surface area contributed by atoms with E-state index in [0.29, 0.717) is 0 Å². The zero-order valence-corrected chi connectivity index (χ0v) is 34.4. The topological polar surface area (TPSA) is 1010 Å². The van der Waals surface area contributed by atoms with E-state index >= 15 is 0 Å². The van der Waals surface area contributed by atoms with Gasteiger partial charge in [-0.2, -0.15) is 0 Å². The molecule has 0 aromatic rings. The number of nitrogens with zero attached hydrogens (tertiary/aromatic N) is 3. The van der Waals surface area contributed by atoms with Gasteiger partial charge in [0.15, 0.2) is 0 Å². The van der Waals surface area contributed by atoms with Gasteiger partial charge in [0, 0.05) is 0 Å². The Kier molecular flexibility index (Phi) is 22200. The first-order valence-corrected chi connectivity index (χ1v) is 1.64. The molecule has 0 radical (unpaired) electrons. The third-order valence-corrected chi connectivity index (χ3v) is 0. The molecule has 0 spiro atoms. The fourth-order valence-corrected chi connectivity index (χ4v) is 0. The minimum absolute atomic E-state index is 0. The van der Waals surface area contributed by atoms with Crippen molar-refractivity contribution in [3.63, 3.8) is 0 Å². The Morgan fingerprint density at radius 1 is 0.163 bits per heavy atom. The van der Waals surface area contributed by atoms with Crippen LogP contribution >= 0.6 is 0 Å². The second-order valence-corrected chi connectivity index (χ2v) is 0.671. The van der Waals surface area contributed by atoms with Gasteiger partial charge >= 0.3 is 174 Å². The molecule has 0 aliphatic heterocycles. The molecule has 0 rings (SSSR count). The summed E-state index contributed by atoms with van der Waals surface area (Å²) in [5.41, 5.74) is 0. The second-order valence-electron chi connectivity index (χ2n) is 0.671. The van der Waals surface area contributed by atoms with Gasteiger partial charge in [0.2, 0.25) is 0 Å². The Labute approximate surface area is 379 Å². The SMILES string of the molecule is O=[N+]([O-])[O-].O=[N+]([O-])[O-].O=[N+]([O-])[O-].[Al+3].[Al+3].[Al+3].[Al+3].[Al+3].[Al+3].[Al+3].[Al+3].[Al+3].[Al+3].[OH-].[OH-].[OH-].[OH-].[OH-].[OH-].[OH-].[OH-].[OH-].[OH-].[OH-].[OH-].[OH-].[OH-].[OH-].[OH-].[OH-].[OH-].[OH-].[OH-].[OH-].[OH-].[OH-].[OH-].[OH-].[OH-].[OH-]. The first-order chi connectivity index (χ1) is 5.20. The largest absolute Gasteiger partial charge is 3.00 e. The molecule has 0 atom stereocenters. The summed E-state index contributed by atoms with van der Waals surface area (Å²) in [6.45, 7) is 0. The van der Waals surface area contributed by atoms with Gasteiger partial charge in [0.05, 0.1) is 15.3 Å². The van der Waals surface area contributed by atoms with Gasteiger partial charge in [-0.1, -0.05) is 0 Å². The maximum atomic E-state index is 8.25. The van der Waals surface area contributed by atoms with Crippen LogP contribution in [0, 0.1) is 46.0 Å². The molecular weight excluding hydrogens is 888 g/mol. The number of hydrogen-bond donors (Lipinski definition) is 0. The van der Waals surface area contributed by atoms with Crippen molar-refractivity contribution in [2.24, 2.45) is 0 Å². The molecule has 27 N–H and O–H groups in total. The van der Waals surface area contributed by atoms with E-state index in [0.717, 1.165) is 0 Å². The van der Waals surface area contributed by atoms with E-state index in [1.807, 2.05) is 0 Å². The average Bonchev–Trinajstić information content (AvgIpc) is 1.54. The summed E-state index contributed by atoms with van der Waals surface area (Å²) in [7, 11) is 0. The van der Waals surface area contributed by atoms with Crippen LogP contribution in [0.1, 0.15) is 0 Å². The van der Waals surface area contributed by atoms with E-state index in [-0.39, 0.29) is 321 Å². The predicted molar refractivity (Wildman–Crippen MR) is 141 cm³/mol. The third kappa shape index (κ3) is 33500. The monoisotopic (exact) mass is 915 g/mol. The standard InChI is InChI=1S/10Al.3NO3.27H2O/c;;;;;;;;;;3*2-1(3)4;;;;;;;;;;;;;;;;;;;;;;;;;;;/h;;;;;;;;;;;;;27*1H2/q10*+3;3*-1;;;;;;;;;;;;;;;;;;;;;;;;;;;/p-27. The van der Waals surface area contributed by atoms with Crippen molar-refractivity contribution in [2.75, 3.05) is 0 Å². The van der Waals surface area contributed by atoms with E-state index in [1.165, 1.54) is 0 Å². The first-order valence-electron chi connectivity index (χ1n) is 1.64. The predicted octanol–water partition coefficient (Wildman–Crippen LogP) is -9.30. The van der Waals surface area contributed by atoms with Crippen LogP contribution in [0.25, 0.3) is 0 Å². The minimum atomic E-state index is -1.75. The quantitative estimate of drug-likeness (QED) is 0.124. The minimum Gasteiger partial charge on any atom is -0.870 e. The summed E-state index contributed by atoms with van der Waals surface area (Å²) in [5.74, 6) is 0. The van der Waals surface area contributed by atoms with Gasteiger partial charge in [-0.3, -0.25) is 0 Å². The first kappa shape index (κ1) is 1070. The van der Waals surface area contributed by atoms with Crippen molar-refractivity contribution in [1.29, 1.82) is 0 Å². The summed E-state index contributed by atoms with van der Waals surface area (Å²) in [4.78, 5) is 24.8. The molecule has 0 unspecified atom stereocenters. The Hall–Kier alpha value is 1.84. The van der Waals surface area contributed by atoms with Crippen LogP contribution < -0.4 is 0 Å². The van der Waals surface area contributed by atoms with E-state index in [1.54, 1.807) is 0 Å². The summed E-state index contributed by atoms with van der Waals surface area (Å²) >= 11 is 0. The maximum Gasteiger partial charge on any atom is 3.00 e. The van der Waals surface area contributed by atoms with Crippen LogP contribution in [0.5, 0.6) is 0 Å². The second kappa shape index (κ2) is 1010. The van der Waals surface area contributed by atoms with Crippen molar-refractivity contribution < 1.29 is 163 Å². The average molecular weight is 915 g/mol. The fraction of sp³-hybridized carbons (Fsp3) is 0. The zero-order chi connectivity index (χ0) is 10.7. The van der Waals surface area contributed by atoms with Crippen molar-refractivity contribution >= 4 is 174 Å². The van der Waals surface area contributed by atoms with Gasteiger partial charge in [0.25, 0.3) is 0 Å². The Morgan fingerprint density at radius 3 is 0.163 bits per heavy atom. The molecule has 49 heavy (non-hydrogen) atoms. The van der Waals surface area contributed by atoms with Crippen LogP contribution in [0.2, 0.25) is 0 Å². The molecule has 0 bridgehead atoms. The molecule has 0 fully saturated rings. The zero-order valence-electron chi connectivity index (χ0n) is 22.9. The summed E-state index contributed by atoms with van der Waals surface area (Å²) in [5, 5.41) is 44.2. The molecule has 0 aliphatic carbocycles. The molecule has 39 nitrogen and oxygen atoms in total. The van der Waals surface area contributed by atoms with Gasteiger partial charge < -0.3 is 194 Å². The number of hydrogen-bond acceptors (Lipinski definition) is 36. The summed E-state index contributed by atoms with van der Waals surface area (Å²) in [6.07, 6.45) is 0. The van der Waals surface area contributed by atoms with Gasteiger partial charge in [0.1, 0.15) is 0 Å². The van der Waals surface area contributed by atoms with E-state index in [4.69, 9.17) is 46.0 Å². The van der Waals surface area contributed by atoms with Gasteiger partial charge in [-0.15, -0.1) is 0 Å². The normalized spacial score (nSPS) is 1.47. The molecule has 0 saturated carbocycles. The van der Waals surface area contributed by atoms with Crippen molar-refractivity contribution in [3.05, 3.63) is 46.0 Å². The third-order valence-electron chi connectivity index (χ3n) is 0. The smallest absolute Gasteiger partial charge is 0.870 e. The molecule has 0 aromatic carbocycles. The van der Waals surface area contributed by atoms with Gasteiger partial charge in [-0.05, 0) is 0 Å².